The Hall–Kier alpha value is -0.980. The van der Waals surface area contributed by atoms with Crippen LogP contribution < -0.4 is 5.73 Å². The summed E-state index contributed by atoms with van der Waals surface area (Å²) in [5.41, 5.74) is 5.66. The maximum atomic E-state index is 5.97. The Bertz CT molecular complexity index is 416. The smallest absolute Gasteiger partial charge is 0.228 e. The maximum absolute atomic E-state index is 5.97. The van der Waals surface area contributed by atoms with Crippen LogP contribution in [-0.2, 0) is 6.42 Å². The highest BCUT2D eigenvalue weighted by Gasteiger charge is 2.35. The van der Waals surface area contributed by atoms with E-state index < -0.39 is 0 Å². The van der Waals surface area contributed by atoms with Crippen molar-refractivity contribution in [1.29, 1.82) is 0 Å². The summed E-state index contributed by atoms with van der Waals surface area (Å²) < 4.78 is 5.32. The van der Waals surface area contributed by atoms with Gasteiger partial charge in [0.05, 0.1) is 6.04 Å². The maximum Gasteiger partial charge on any atom is 0.228 e. The number of nitrogens with zero attached hydrogens (tertiary/aromatic N) is 4. The average Bonchev–Trinajstić information content (AvgIpc) is 2.76. The minimum atomic E-state index is -0.306. The molecule has 3 aliphatic rings. The van der Waals surface area contributed by atoms with Gasteiger partial charge in [0.25, 0.3) is 0 Å². The molecule has 4 rings (SSSR count). The van der Waals surface area contributed by atoms with Gasteiger partial charge in [-0.2, -0.15) is 4.98 Å². The van der Waals surface area contributed by atoms with Crippen LogP contribution in [0.5, 0.6) is 0 Å². The van der Waals surface area contributed by atoms with Crippen molar-refractivity contribution in [2.75, 3.05) is 32.7 Å². The van der Waals surface area contributed by atoms with E-state index in [0.29, 0.717) is 18.4 Å². The van der Waals surface area contributed by atoms with Gasteiger partial charge in [-0.15, -0.1) is 0 Å². The molecule has 0 aliphatic carbocycles. The van der Waals surface area contributed by atoms with E-state index in [2.05, 4.69) is 19.9 Å². The zero-order chi connectivity index (χ0) is 12.8. The second-order valence-corrected chi connectivity index (χ2v) is 6.06. The molecule has 1 unspecified atom stereocenters. The van der Waals surface area contributed by atoms with Crippen molar-refractivity contribution in [1.82, 2.24) is 19.9 Å². The molecule has 6 heteroatoms. The first-order chi connectivity index (χ1) is 8.51. The van der Waals surface area contributed by atoms with Gasteiger partial charge in [0.15, 0.2) is 5.82 Å². The summed E-state index contributed by atoms with van der Waals surface area (Å²) in [6.45, 7) is 9.50. The van der Waals surface area contributed by atoms with Crippen LogP contribution in [0.15, 0.2) is 4.52 Å². The molecule has 0 aromatic carbocycles. The van der Waals surface area contributed by atoms with Crippen molar-refractivity contribution in [2.24, 2.45) is 5.73 Å². The quantitative estimate of drug-likeness (QED) is 0.816. The van der Waals surface area contributed by atoms with E-state index in [9.17, 15) is 0 Å². The van der Waals surface area contributed by atoms with E-state index in [1.807, 2.05) is 13.8 Å². The van der Waals surface area contributed by atoms with Gasteiger partial charge in [0.2, 0.25) is 5.89 Å². The van der Waals surface area contributed by atoms with Gasteiger partial charge in [-0.3, -0.25) is 9.80 Å². The van der Waals surface area contributed by atoms with Crippen molar-refractivity contribution in [3.05, 3.63) is 11.7 Å². The van der Waals surface area contributed by atoms with E-state index in [0.717, 1.165) is 38.5 Å². The average molecular weight is 251 g/mol. The van der Waals surface area contributed by atoms with Crippen LogP contribution in [0.3, 0.4) is 0 Å². The zero-order valence-electron chi connectivity index (χ0n) is 11.1. The molecule has 1 aromatic heterocycles. The summed E-state index contributed by atoms with van der Waals surface area (Å²) >= 11 is 0. The van der Waals surface area contributed by atoms with Crippen LogP contribution in [0.1, 0.15) is 31.6 Å². The van der Waals surface area contributed by atoms with E-state index in [1.165, 1.54) is 0 Å². The number of hydrogen-bond donors (Lipinski definition) is 1. The Morgan fingerprint density at radius 3 is 2.61 bits per heavy atom. The summed E-state index contributed by atoms with van der Waals surface area (Å²) in [4.78, 5) is 9.42. The molecular formula is C12H21N5O. The fourth-order valence-electron chi connectivity index (χ4n) is 2.73. The third-order valence-electron chi connectivity index (χ3n) is 3.67. The minimum absolute atomic E-state index is 0.297. The number of hydrogen-bond acceptors (Lipinski definition) is 6. The molecule has 1 atom stereocenters. The number of aromatic nitrogens is 2. The Labute approximate surface area is 107 Å². The first kappa shape index (κ1) is 12.1. The van der Waals surface area contributed by atoms with Gasteiger partial charge < -0.3 is 10.3 Å². The van der Waals surface area contributed by atoms with Crippen LogP contribution in [0, 0.1) is 0 Å². The highest BCUT2D eigenvalue weighted by molar-refractivity contribution is 5.02. The van der Waals surface area contributed by atoms with Crippen LogP contribution >= 0.6 is 0 Å². The fraction of sp³-hybridized carbons (Fsp3) is 0.833. The Balaban J connectivity index is 1.73. The number of nitrogens with two attached hydrogens (primary N) is 1. The van der Waals surface area contributed by atoms with E-state index in [-0.39, 0.29) is 5.54 Å². The molecule has 4 heterocycles. The summed E-state index contributed by atoms with van der Waals surface area (Å²) in [5, 5.41) is 4.13. The molecule has 100 valence electrons. The standard InChI is InChI=1S/C12H21N5O/c1-12(2,13)7-10-14-11(15-18-10)9-8-16-3-5-17(9)6-4-16/h9H,3-8,13H2,1-2H3. The van der Waals surface area contributed by atoms with Gasteiger partial charge in [0.1, 0.15) is 0 Å². The number of piperazine rings is 3. The van der Waals surface area contributed by atoms with Crippen LogP contribution in [0.2, 0.25) is 0 Å². The number of fused-ring (bicyclic) bond motifs is 3. The van der Waals surface area contributed by atoms with Crippen molar-refractivity contribution in [3.63, 3.8) is 0 Å². The van der Waals surface area contributed by atoms with E-state index >= 15 is 0 Å². The molecule has 0 saturated carbocycles. The highest BCUT2D eigenvalue weighted by Crippen LogP contribution is 2.27. The second kappa shape index (κ2) is 4.29. The van der Waals surface area contributed by atoms with Gasteiger partial charge in [-0.05, 0) is 13.8 Å². The molecule has 0 spiro atoms. The van der Waals surface area contributed by atoms with Crippen LogP contribution in [-0.4, -0.2) is 58.2 Å². The van der Waals surface area contributed by atoms with Gasteiger partial charge >= 0.3 is 0 Å². The predicted molar refractivity (Wildman–Crippen MR) is 67.0 cm³/mol. The Kier molecular flexibility index (Phi) is 2.88. The molecule has 6 nitrogen and oxygen atoms in total. The number of rotatable bonds is 3. The third-order valence-corrected chi connectivity index (χ3v) is 3.67. The molecule has 3 saturated heterocycles. The van der Waals surface area contributed by atoms with Crippen molar-refractivity contribution >= 4 is 0 Å². The summed E-state index contributed by atoms with van der Waals surface area (Å²) in [6, 6.07) is 0.297. The molecule has 3 fully saturated rings. The second-order valence-electron chi connectivity index (χ2n) is 6.06. The first-order valence-electron chi connectivity index (χ1n) is 6.59. The molecule has 1 aromatic rings. The zero-order valence-corrected chi connectivity index (χ0v) is 11.1. The van der Waals surface area contributed by atoms with Gasteiger partial charge in [-0.1, -0.05) is 5.16 Å². The van der Waals surface area contributed by atoms with Crippen molar-refractivity contribution < 1.29 is 4.52 Å². The SMILES string of the molecule is CC(C)(N)Cc1nc(C2CN3CCN2CC3)no1. The summed E-state index contributed by atoms with van der Waals surface area (Å²) in [7, 11) is 0. The van der Waals surface area contributed by atoms with E-state index in [4.69, 9.17) is 10.3 Å². The van der Waals surface area contributed by atoms with Crippen molar-refractivity contribution in [2.45, 2.75) is 31.8 Å². The summed E-state index contributed by atoms with van der Waals surface area (Å²) in [6.07, 6.45) is 0.621. The minimum Gasteiger partial charge on any atom is -0.339 e. The Morgan fingerprint density at radius 2 is 2.06 bits per heavy atom. The molecule has 2 bridgehead atoms. The largest absolute Gasteiger partial charge is 0.339 e. The molecule has 18 heavy (non-hydrogen) atoms. The molecule has 0 radical (unpaired) electrons. The molecule has 0 amide bonds. The lowest BCUT2D eigenvalue weighted by Crippen LogP contribution is -2.57. The lowest BCUT2D eigenvalue weighted by Gasteiger charge is -2.46. The predicted octanol–water partition coefficient (Wildman–Crippen LogP) is 0.0217. The van der Waals surface area contributed by atoms with Crippen LogP contribution in [0.25, 0.3) is 0 Å². The normalized spacial score (nSPS) is 31.8. The Morgan fingerprint density at radius 1 is 1.33 bits per heavy atom. The molecule has 3 aliphatic heterocycles. The van der Waals surface area contributed by atoms with Gasteiger partial charge in [0, 0.05) is 44.7 Å². The highest BCUT2D eigenvalue weighted by atomic mass is 16.5. The monoisotopic (exact) mass is 251 g/mol. The van der Waals surface area contributed by atoms with Gasteiger partial charge in [-0.25, -0.2) is 0 Å². The first-order valence-corrected chi connectivity index (χ1v) is 6.59. The van der Waals surface area contributed by atoms with E-state index in [1.54, 1.807) is 0 Å². The lowest BCUT2D eigenvalue weighted by atomic mass is 10.0. The third kappa shape index (κ3) is 2.41. The van der Waals surface area contributed by atoms with Crippen molar-refractivity contribution in [3.8, 4) is 0 Å². The topological polar surface area (TPSA) is 71.4 Å². The summed E-state index contributed by atoms with van der Waals surface area (Å²) in [5.74, 6) is 1.47. The molecule has 2 N–H and O–H groups in total. The fourth-order valence-corrected chi connectivity index (χ4v) is 2.73. The lowest BCUT2D eigenvalue weighted by molar-refractivity contribution is 0.00781. The molecular weight excluding hydrogens is 230 g/mol. The van der Waals surface area contributed by atoms with Crippen LogP contribution in [0.4, 0.5) is 0 Å².